The lowest BCUT2D eigenvalue weighted by Gasteiger charge is -2.12. The van der Waals surface area contributed by atoms with Crippen LogP contribution < -0.4 is 15.7 Å². The topological polar surface area (TPSA) is 88.4 Å². The standard InChI is InChI=1S/C18H26N2O4S/c1-13(2)25(22,23)20-12-6-4-5-11-19-16-8-9-17-15(14(16)3)7-10-18(21)24-17/h7-10,13,19-20H,4-6,11-12H2,1-3H3. The largest absolute Gasteiger partial charge is 0.423 e. The van der Waals surface area contributed by atoms with Crippen molar-refractivity contribution in [2.24, 2.45) is 0 Å². The summed E-state index contributed by atoms with van der Waals surface area (Å²) in [4.78, 5) is 11.3. The van der Waals surface area contributed by atoms with Crippen LogP contribution in [0.4, 0.5) is 5.69 Å². The second-order valence-electron chi connectivity index (χ2n) is 6.38. The van der Waals surface area contributed by atoms with Crippen LogP contribution in [0.5, 0.6) is 0 Å². The predicted molar refractivity (Wildman–Crippen MR) is 102 cm³/mol. The molecule has 7 heteroatoms. The number of nitrogens with one attached hydrogen (secondary N) is 2. The summed E-state index contributed by atoms with van der Waals surface area (Å²) >= 11 is 0. The van der Waals surface area contributed by atoms with E-state index in [1.165, 1.54) is 6.07 Å². The highest BCUT2D eigenvalue weighted by Crippen LogP contribution is 2.24. The van der Waals surface area contributed by atoms with Crippen LogP contribution in [-0.2, 0) is 10.0 Å². The van der Waals surface area contributed by atoms with E-state index in [-0.39, 0.29) is 5.63 Å². The molecule has 0 saturated carbocycles. The van der Waals surface area contributed by atoms with E-state index in [1.54, 1.807) is 26.0 Å². The van der Waals surface area contributed by atoms with Crippen LogP contribution >= 0.6 is 0 Å². The van der Waals surface area contributed by atoms with Crippen molar-refractivity contribution in [1.82, 2.24) is 4.72 Å². The Morgan fingerprint density at radius 1 is 1.04 bits per heavy atom. The molecule has 25 heavy (non-hydrogen) atoms. The molecule has 0 radical (unpaired) electrons. The maximum absolute atomic E-state index is 11.6. The smallest absolute Gasteiger partial charge is 0.336 e. The Morgan fingerprint density at radius 3 is 2.48 bits per heavy atom. The summed E-state index contributed by atoms with van der Waals surface area (Å²) in [6, 6.07) is 6.92. The van der Waals surface area contributed by atoms with Crippen LogP contribution in [0.25, 0.3) is 11.0 Å². The molecule has 1 heterocycles. The Balaban J connectivity index is 1.77. The first-order chi connectivity index (χ1) is 11.8. The summed E-state index contributed by atoms with van der Waals surface area (Å²) in [7, 11) is -3.16. The van der Waals surface area contributed by atoms with E-state index in [0.29, 0.717) is 12.1 Å². The molecular weight excluding hydrogens is 340 g/mol. The fourth-order valence-electron chi connectivity index (χ4n) is 2.52. The third-order valence-electron chi connectivity index (χ3n) is 4.16. The monoisotopic (exact) mass is 366 g/mol. The minimum absolute atomic E-state index is 0.347. The number of aryl methyl sites for hydroxylation is 1. The van der Waals surface area contributed by atoms with Crippen molar-refractivity contribution in [3.63, 3.8) is 0 Å². The highest BCUT2D eigenvalue weighted by molar-refractivity contribution is 7.90. The fourth-order valence-corrected chi connectivity index (χ4v) is 3.28. The lowest BCUT2D eigenvalue weighted by molar-refractivity contribution is 0.560. The van der Waals surface area contributed by atoms with Gasteiger partial charge in [-0.1, -0.05) is 6.42 Å². The van der Waals surface area contributed by atoms with Crippen LogP contribution in [-0.4, -0.2) is 26.8 Å². The van der Waals surface area contributed by atoms with Crippen molar-refractivity contribution in [2.75, 3.05) is 18.4 Å². The molecule has 0 bridgehead atoms. The van der Waals surface area contributed by atoms with Gasteiger partial charge in [0.05, 0.1) is 5.25 Å². The quantitative estimate of drug-likeness (QED) is 0.526. The van der Waals surface area contributed by atoms with Gasteiger partial charge in [-0.25, -0.2) is 17.9 Å². The number of fused-ring (bicyclic) bond motifs is 1. The fraction of sp³-hybridized carbons (Fsp3) is 0.500. The lowest BCUT2D eigenvalue weighted by atomic mass is 10.1. The van der Waals surface area contributed by atoms with Gasteiger partial charge in [-0.3, -0.25) is 0 Å². The molecule has 0 fully saturated rings. The molecule has 0 amide bonds. The van der Waals surface area contributed by atoms with Crippen molar-refractivity contribution >= 4 is 26.7 Å². The predicted octanol–water partition coefficient (Wildman–Crippen LogP) is 3.01. The Kier molecular flexibility index (Phi) is 6.61. The van der Waals surface area contributed by atoms with Gasteiger partial charge >= 0.3 is 5.63 Å². The highest BCUT2D eigenvalue weighted by atomic mass is 32.2. The second kappa shape index (κ2) is 8.49. The molecule has 0 saturated heterocycles. The van der Waals surface area contributed by atoms with E-state index < -0.39 is 15.3 Å². The second-order valence-corrected chi connectivity index (χ2v) is 8.70. The van der Waals surface area contributed by atoms with Gasteiger partial charge in [0.2, 0.25) is 10.0 Å². The number of sulfonamides is 1. The molecule has 0 aliphatic heterocycles. The van der Waals surface area contributed by atoms with E-state index in [9.17, 15) is 13.2 Å². The zero-order chi connectivity index (χ0) is 18.4. The lowest BCUT2D eigenvalue weighted by Crippen LogP contribution is -2.31. The van der Waals surface area contributed by atoms with Crippen LogP contribution in [0.3, 0.4) is 0 Å². The van der Waals surface area contributed by atoms with Crippen molar-refractivity contribution in [3.8, 4) is 0 Å². The van der Waals surface area contributed by atoms with E-state index in [1.807, 2.05) is 13.0 Å². The van der Waals surface area contributed by atoms with Crippen LogP contribution in [0.2, 0.25) is 0 Å². The molecule has 6 nitrogen and oxygen atoms in total. The molecule has 1 aromatic heterocycles. The van der Waals surface area contributed by atoms with Gasteiger partial charge in [-0.2, -0.15) is 0 Å². The van der Waals surface area contributed by atoms with E-state index in [4.69, 9.17) is 4.42 Å². The zero-order valence-electron chi connectivity index (χ0n) is 15.0. The molecule has 0 unspecified atom stereocenters. The first-order valence-electron chi connectivity index (χ1n) is 8.57. The van der Waals surface area contributed by atoms with Gasteiger partial charge in [-0.05, 0) is 57.4 Å². The molecule has 0 spiro atoms. The number of hydrogen-bond acceptors (Lipinski definition) is 5. The van der Waals surface area contributed by atoms with Crippen molar-refractivity contribution in [2.45, 2.75) is 45.3 Å². The molecule has 0 atom stereocenters. The van der Waals surface area contributed by atoms with Crippen LogP contribution in [0, 0.1) is 6.92 Å². The maximum atomic E-state index is 11.6. The molecule has 1 aromatic carbocycles. The third-order valence-corrected chi connectivity index (χ3v) is 6.01. The maximum Gasteiger partial charge on any atom is 0.336 e. The molecule has 2 rings (SSSR count). The molecule has 2 aromatic rings. The minimum Gasteiger partial charge on any atom is -0.423 e. The van der Waals surface area contributed by atoms with Gasteiger partial charge in [-0.15, -0.1) is 0 Å². The molecule has 138 valence electrons. The Hall–Kier alpha value is -1.86. The van der Waals surface area contributed by atoms with Crippen LogP contribution in [0.1, 0.15) is 38.7 Å². The van der Waals surface area contributed by atoms with Gasteiger partial charge in [0.1, 0.15) is 5.58 Å². The number of hydrogen-bond donors (Lipinski definition) is 2. The van der Waals surface area contributed by atoms with Gasteiger partial charge < -0.3 is 9.73 Å². The zero-order valence-corrected chi connectivity index (χ0v) is 15.8. The summed E-state index contributed by atoms with van der Waals surface area (Å²) in [6.07, 6.45) is 2.70. The Morgan fingerprint density at radius 2 is 1.76 bits per heavy atom. The van der Waals surface area contributed by atoms with Gasteiger partial charge in [0.15, 0.2) is 0 Å². The van der Waals surface area contributed by atoms with Crippen molar-refractivity contribution in [1.29, 1.82) is 0 Å². The average Bonchev–Trinajstić information content (AvgIpc) is 2.55. The van der Waals surface area contributed by atoms with E-state index in [2.05, 4.69) is 10.0 Å². The number of unbranched alkanes of at least 4 members (excludes halogenated alkanes) is 2. The number of anilines is 1. The summed E-state index contributed by atoms with van der Waals surface area (Å²) in [5, 5.41) is 3.92. The van der Waals surface area contributed by atoms with E-state index >= 15 is 0 Å². The summed E-state index contributed by atoms with van der Waals surface area (Å²) in [5.74, 6) is 0. The summed E-state index contributed by atoms with van der Waals surface area (Å²) in [5.41, 5.74) is 2.31. The first-order valence-corrected chi connectivity index (χ1v) is 10.1. The Labute approximate surface area is 148 Å². The highest BCUT2D eigenvalue weighted by Gasteiger charge is 2.13. The number of benzene rings is 1. The van der Waals surface area contributed by atoms with Gasteiger partial charge in [0, 0.05) is 30.2 Å². The van der Waals surface area contributed by atoms with Gasteiger partial charge in [0.25, 0.3) is 0 Å². The summed E-state index contributed by atoms with van der Waals surface area (Å²) < 4.78 is 31.0. The van der Waals surface area contributed by atoms with Crippen molar-refractivity contribution in [3.05, 3.63) is 40.2 Å². The minimum atomic E-state index is -3.16. The number of rotatable bonds is 9. The molecule has 2 N–H and O–H groups in total. The van der Waals surface area contributed by atoms with E-state index in [0.717, 1.165) is 42.4 Å². The Bertz CT molecular complexity index is 872. The van der Waals surface area contributed by atoms with Crippen LogP contribution in [0.15, 0.2) is 33.5 Å². The third kappa shape index (κ3) is 5.31. The SMILES string of the molecule is Cc1c(NCCCCCNS(=O)(=O)C(C)C)ccc2oc(=O)ccc12. The first kappa shape index (κ1) is 19.5. The molecule has 0 aliphatic carbocycles. The molecule has 0 aliphatic rings. The van der Waals surface area contributed by atoms with Crippen molar-refractivity contribution < 1.29 is 12.8 Å². The summed E-state index contributed by atoms with van der Waals surface area (Å²) in [6.45, 7) is 6.62. The normalized spacial score (nSPS) is 12.0. The average molecular weight is 366 g/mol. The molecular formula is C18H26N2O4S.